The number of carbonyl (C=O) groups excluding carboxylic acids is 1. The van der Waals surface area contributed by atoms with Crippen LogP contribution in [0, 0.1) is 0 Å². The van der Waals surface area contributed by atoms with Crippen molar-refractivity contribution in [2.45, 2.75) is 31.9 Å². The van der Waals surface area contributed by atoms with E-state index < -0.39 is 0 Å². The Kier molecular flexibility index (Phi) is 3.87. The maximum Gasteiger partial charge on any atom is 0.152 e. The lowest BCUT2D eigenvalue weighted by molar-refractivity contribution is -0.119. The van der Waals surface area contributed by atoms with Crippen LogP contribution in [0.4, 0.5) is 0 Å². The highest BCUT2D eigenvalue weighted by Crippen LogP contribution is 2.24. The van der Waals surface area contributed by atoms with Gasteiger partial charge in [-0.3, -0.25) is 4.79 Å². The zero-order valence-corrected chi connectivity index (χ0v) is 8.55. The second-order valence-electron chi connectivity index (χ2n) is 3.27. The molecule has 0 saturated carbocycles. The fourth-order valence-electron chi connectivity index (χ4n) is 0.601. The molecule has 0 atom stereocenters. The third-order valence-electron chi connectivity index (χ3n) is 1.64. The zero-order valence-electron chi connectivity index (χ0n) is 7.73. The molecule has 0 aliphatic rings. The highest BCUT2D eigenvalue weighted by atomic mass is 32.2. The number of rotatable bonds is 4. The van der Waals surface area contributed by atoms with E-state index >= 15 is 0 Å². The topological polar surface area (TPSA) is 17.1 Å². The summed E-state index contributed by atoms with van der Waals surface area (Å²) in [5, 5.41) is 0. The fourth-order valence-corrected chi connectivity index (χ4v) is 0.901. The molecule has 0 spiro atoms. The van der Waals surface area contributed by atoms with Crippen molar-refractivity contribution < 1.29 is 4.79 Å². The molecule has 0 aliphatic carbocycles. The van der Waals surface area contributed by atoms with Crippen LogP contribution in [0.5, 0.6) is 0 Å². The predicted molar refractivity (Wildman–Crippen MR) is 52.0 cm³/mol. The van der Waals surface area contributed by atoms with Crippen LogP contribution < -0.4 is 0 Å². The molecule has 0 aromatic rings. The van der Waals surface area contributed by atoms with Gasteiger partial charge in [0.15, 0.2) is 5.78 Å². The molecule has 0 radical (unpaired) electrons. The minimum absolute atomic E-state index is 0.251. The third-order valence-corrected chi connectivity index (χ3v) is 2.89. The van der Waals surface area contributed by atoms with Gasteiger partial charge < -0.3 is 0 Å². The Labute approximate surface area is 73.3 Å². The molecule has 0 saturated heterocycles. The number of thioether (sulfide) groups is 1. The van der Waals surface area contributed by atoms with Crippen LogP contribution in [0.25, 0.3) is 0 Å². The molecule has 0 aromatic carbocycles. The average molecular weight is 172 g/mol. The quantitative estimate of drug-likeness (QED) is 0.606. The summed E-state index contributed by atoms with van der Waals surface area (Å²) in [6.07, 6.45) is 2.46. The van der Waals surface area contributed by atoms with Crippen molar-refractivity contribution in [3.8, 4) is 0 Å². The van der Waals surface area contributed by atoms with E-state index in [0.717, 1.165) is 5.57 Å². The first-order valence-electron chi connectivity index (χ1n) is 3.63. The Hall–Kier alpha value is -0.240. The van der Waals surface area contributed by atoms with Crippen LogP contribution in [-0.2, 0) is 4.79 Å². The van der Waals surface area contributed by atoms with Crippen LogP contribution in [0.1, 0.15) is 27.2 Å². The van der Waals surface area contributed by atoms with Gasteiger partial charge in [-0.2, -0.15) is 11.8 Å². The van der Waals surface area contributed by atoms with Gasteiger partial charge in [0.2, 0.25) is 0 Å². The van der Waals surface area contributed by atoms with Crippen molar-refractivity contribution >= 4 is 17.5 Å². The highest BCUT2D eigenvalue weighted by molar-refractivity contribution is 8.00. The van der Waals surface area contributed by atoms with Crippen LogP contribution >= 0.6 is 11.8 Å². The average Bonchev–Trinajstić information content (AvgIpc) is 1.86. The molecule has 0 aliphatic heterocycles. The number of carbonyl (C=O) groups is 1. The van der Waals surface area contributed by atoms with E-state index in [-0.39, 0.29) is 10.5 Å². The van der Waals surface area contributed by atoms with Gasteiger partial charge in [-0.1, -0.05) is 12.2 Å². The Bertz CT molecular complexity index is 170. The second-order valence-corrected chi connectivity index (χ2v) is 4.70. The van der Waals surface area contributed by atoms with Gasteiger partial charge in [0.1, 0.15) is 0 Å². The van der Waals surface area contributed by atoms with E-state index in [1.165, 1.54) is 0 Å². The van der Waals surface area contributed by atoms with Gasteiger partial charge >= 0.3 is 0 Å². The number of Topliss-reactive ketones (excluding diaryl/α,β-unsaturated/α-hetero) is 1. The maximum atomic E-state index is 11.4. The first-order chi connectivity index (χ1) is 4.90. The molecule has 0 unspecified atom stereocenters. The minimum atomic E-state index is -0.251. The predicted octanol–water partition coefficient (Wildman–Crippen LogP) is 2.66. The van der Waals surface area contributed by atoms with Crippen molar-refractivity contribution in [1.82, 2.24) is 0 Å². The SMILES string of the molecule is C=C(C)CC(=O)C(C)(C)SC. The van der Waals surface area contributed by atoms with Gasteiger partial charge in [0.25, 0.3) is 0 Å². The lowest BCUT2D eigenvalue weighted by Crippen LogP contribution is -2.27. The number of hydrogen-bond acceptors (Lipinski definition) is 2. The van der Waals surface area contributed by atoms with Crippen molar-refractivity contribution in [3.63, 3.8) is 0 Å². The maximum absolute atomic E-state index is 11.4. The summed E-state index contributed by atoms with van der Waals surface area (Å²) in [6, 6.07) is 0. The molecule has 64 valence electrons. The van der Waals surface area contributed by atoms with Gasteiger partial charge in [0, 0.05) is 6.42 Å². The van der Waals surface area contributed by atoms with Crippen molar-refractivity contribution in [2.75, 3.05) is 6.26 Å². The van der Waals surface area contributed by atoms with E-state index in [1.54, 1.807) is 11.8 Å². The van der Waals surface area contributed by atoms with Gasteiger partial charge in [-0.15, -0.1) is 0 Å². The second kappa shape index (κ2) is 3.96. The molecule has 0 fully saturated rings. The molecule has 0 bridgehead atoms. The molecule has 0 amide bonds. The summed E-state index contributed by atoms with van der Waals surface area (Å²) < 4.78 is -0.251. The smallest absolute Gasteiger partial charge is 0.152 e. The summed E-state index contributed by atoms with van der Waals surface area (Å²) in [5.74, 6) is 0.262. The van der Waals surface area contributed by atoms with Crippen molar-refractivity contribution in [2.24, 2.45) is 0 Å². The van der Waals surface area contributed by atoms with Crippen molar-refractivity contribution in [3.05, 3.63) is 12.2 Å². The normalized spacial score (nSPS) is 11.3. The summed E-state index contributed by atoms with van der Waals surface area (Å²) in [6.45, 7) is 9.49. The molecular formula is C9H16OS. The third kappa shape index (κ3) is 3.61. The van der Waals surface area contributed by atoms with Gasteiger partial charge in [-0.05, 0) is 27.0 Å². The van der Waals surface area contributed by atoms with Crippen molar-refractivity contribution in [1.29, 1.82) is 0 Å². The summed E-state index contributed by atoms with van der Waals surface area (Å²) >= 11 is 1.59. The molecule has 0 N–H and O–H groups in total. The number of allylic oxidation sites excluding steroid dienone is 1. The Morgan fingerprint density at radius 1 is 1.55 bits per heavy atom. The Morgan fingerprint density at radius 3 is 2.27 bits per heavy atom. The number of ketones is 1. The molecule has 2 heteroatoms. The van der Waals surface area contributed by atoms with E-state index in [4.69, 9.17) is 0 Å². The zero-order chi connectivity index (χ0) is 9.07. The molecular weight excluding hydrogens is 156 g/mol. The molecule has 0 aromatic heterocycles. The van der Waals surface area contributed by atoms with E-state index in [1.807, 2.05) is 27.0 Å². The molecule has 0 rings (SSSR count). The van der Waals surface area contributed by atoms with Gasteiger partial charge in [-0.25, -0.2) is 0 Å². The largest absolute Gasteiger partial charge is 0.298 e. The highest BCUT2D eigenvalue weighted by Gasteiger charge is 2.25. The first-order valence-corrected chi connectivity index (χ1v) is 4.85. The lowest BCUT2D eigenvalue weighted by atomic mass is 10.0. The summed E-state index contributed by atoms with van der Waals surface area (Å²) in [5.41, 5.74) is 0.942. The van der Waals surface area contributed by atoms with E-state index in [9.17, 15) is 4.79 Å². The van der Waals surface area contributed by atoms with E-state index in [0.29, 0.717) is 6.42 Å². The molecule has 0 heterocycles. The number of hydrogen-bond donors (Lipinski definition) is 0. The Morgan fingerprint density at radius 2 is 2.00 bits per heavy atom. The summed E-state index contributed by atoms with van der Waals surface area (Å²) in [4.78, 5) is 11.4. The standard InChI is InChI=1S/C9H16OS/c1-7(2)6-8(10)9(3,4)11-5/h1,6H2,2-5H3. The van der Waals surface area contributed by atoms with Crippen LogP contribution in [0.2, 0.25) is 0 Å². The molecule has 1 nitrogen and oxygen atoms in total. The van der Waals surface area contributed by atoms with Crippen LogP contribution in [-0.4, -0.2) is 16.8 Å². The monoisotopic (exact) mass is 172 g/mol. The lowest BCUT2D eigenvalue weighted by Gasteiger charge is -2.19. The minimum Gasteiger partial charge on any atom is -0.298 e. The molecule has 11 heavy (non-hydrogen) atoms. The first kappa shape index (κ1) is 10.8. The van der Waals surface area contributed by atoms with Crippen LogP contribution in [0.3, 0.4) is 0 Å². The van der Waals surface area contributed by atoms with E-state index in [2.05, 4.69) is 6.58 Å². The van der Waals surface area contributed by atoms with Crippen LogP contribution in [0.15, 0.2) is 12.2 Å². The van der Waals surface area contributed by atoms with Gasteiger partial charge in [0.05, 0.1) is 4.75 Å². The summed E-state index contributed by atoms with van der Waals surface area (Å²) in [7, 11) is 0. The Balaban J connectivity index is 4.13. The fraction of sp³-hybridized carbons (Fsp3) is 0.667.